The van der Waals surface area contributed by atoms with Crippen molar-refractivity contribution < 1.29 is 8.42 Å². The summed E-state index contributed by atoms with van der Waals surface area (Å²) in [5.41, 5.74) is 0.474. The van der Waals surface area contributed by atoms with Crippen molar-refractivity contribution in [1.82, 2.24) is 5.32 Å². The van der Waals surface area contributed by atoms with Crippen LogP contribution in [0.2, 0.25) is 0 Å². The molecule has 0 saturated heterocycles. The molecule has 1 fully saturated rings. The van der Waals surface area contributed by atoms with Crippen LogP contribution in [-0.2, 0) is 9.84 Å². The van der Waals surface area contributed by atoms with Crippen LogP contribution in [0.5, 0.6) is 0 Å². The number of nitrogens with one attached hydrogen (secondary N) is 1. The van der Waals surface area contributed by atoms with Crippen LogP contribution in [0.4, 0.5) is 0 Å². The van der Waals surface area contributed by atoms with E-state index in [1.165, 1.54) is 31.4 Å². The van der Waals surface area contributed by atoms with Crippen molar-refractivity contribution >= 4 is 9.84 Å². The Bertz CT molecular complexity index is 602. The molecule has 1 saturated carbocycles. The summed E-state index contributed by atoms with van der Waals surface area (Å²) in [6.07, 6.45) is 3.78. The molecule has 1 N–H and O–H groups in total. The summed E-state index contributed by atoms with van der Waals surface area (Å²) in [5, 5.41) is 12.0. The van der Waals surface area contributed by atoms with Crippen LogP contribution >= 0.6 is 0 Å². The molecule has 1 aromatic rings. The number of nitriles is 1. The smallest absolute Gasteiger partial charge is 0.179 e. The van der Waals surface area contributed by atoms with E-state index in [2.05, 4.69) is 12.2 Å². The molecule has 0 bridgehead atoms. The number of hydrogen-bond acceptors (Lipinski definition) is 4. The Hall–Kier alpha value is -1.38. The van der Waals surface area contributed by atoms with Gasteiger partial charge in [0.1, 0.15) is 0 Å². The molecule has 1 aliphatic rings. The van der Waals surface area contributed by atoms with Gasteiger partial charge in [-0.15, -0.1) is 0 Å². The van der Waals surface area contributed by atoms with Crippen molar-refractivity contribution in [2.24, 2.45) is 11.8 Å². The van der Waals surface area contributed by atoms with E-state index in [1.54, 1.807) is 12.1 Å². The summed E-state index contributed by atoms with van der Waals surface area (Å²) in [6, 6.07) is 8.08. The topological polar surface area (TPSA) is 70.0 Å². The molecular formula is C16H22N2O2S. The van der Waals surface area contributed by atoms with E-state index in [9.17, 15) is 8.42 Å². The van der Waals surface area contributed by atoms with Crippen LogP contribution in [0.25, 0.3) is 0 Å². The van der Waals surface area contributed by atoms with E-state index < -0.39 is 9.84 Å². The van der Waals surface area contributed by atoms with Crippen LogP contribution in [-0.4, -0.2) is 27.3 Å². The van der Waals surface area contributed by atoms with Gasteiger partial charge in [-0.2, -0.15) is 5.26 Å². The van der Waals surface area contributed by atoms with Crippen molar-refractivity contribution in [1.29, 1.82) is 5.26 Å². The highest BCUT2D eigenvalue weighted by molar-refractivity contribution is 7.91. The molecule has 21 heavy (non-hydrogen) atoms. The fourth-order valence-corrected chi connectivity index (χ4v) is 4.08. The zero-order valence-electron chi connectivity index (χ0n) is 12.4. The lowest BCUT2D eigenvalue weighted by atomic mass is 10.1. The van der Waals surface area contributed by atoms with Gasteiger partial charge < -0.3 is 5.32 Å². The van der Waals surface area contributed by atoms with Gasteiger partial charge in [0.05, 0.1) is 22.3 Å². The normalized spacial score (nSPS) is 22.1. The molecule has 5 heteroatoms. The molecule has 1 aliphatic carbocycles. The predicted octanol–water partition coefficient (Wildman–Crippen LogP) is 2.36. The first-order valence-corrected chi connectivity index (χ1v) is 9.10. The summed E-state index contributed by atoms with van der Waals surface area (Å²) in [7, 11) is -3.26. The van der Waals surface area contributed by atoms with Gasteiger partial charge in [-0.25, -0.2) is 8.42 Å². The molecule has 2 unspecified atom stereocenters. The van der Waals surface area contributed by atoms with Crippen LogP contribution in [0.15, 0.2) is 29.2 Å². The van der Waals surface area contributed by atoms with Gasteiger partial charge in [0.2, 0.25) is 0 Å². The molecule has 114 valence electrons. The fraction of sp³-hybridized carbons (Fsp3) is 0.562. The van der Waals surface area contributed by atoms with Crippen molar-refractivity contribution in [3.8, 4) is 6.07 Å². The van der Waals surface area contributed by atoms with E-state index in [4.69, 9.17) is 5.26 Å². The number of sulfone groups is 1. The quantitative estimate of drug-likeness (QED) is 0.819. The number of nitrogens with zero attached hydrogens (tertiary/aromatic N) is 1. The highest BCUT2D eigenvalue weighted by Gasteiger charge is 2.21. The number of rotatable bonds is 6. The van der Waals surface area contributed by atoms with Gasteiger partial charge in [0.15, 0.2) is 9.84 Å². The monoisotopic (exact) mass is 306 g/mol. The second kappa shape index (κ2) is 7.06. The van der Waals surface area contributed by atoms with Gasteiger partial charge >= 0.3 is 0 Å². The lowest BCUT2D eigenvalue weighted by Gasteiger charge is -2.11. The molecule has 0 spiro atoms. The third-order valence-corrected chi connectivity index (χ3v) is 5.86. The highest BCUT2D eigenvalue weighted by Crippen LogP contribution is 2.29. The Kier molecular flexibility index (Phi) is 5.38. The molecule has 0 radical (unpaired) electrons. The summed E-state index contributed by atoms with van der Waals surface area (Å²) < 4.78 is 24.3. The molecule has 0 aromatic heterocycles. The van der Waals surface area contributed by atoms with Gasteiger partial charge in [0, 0.05) is 6.54 Å². The Morgan fingerprint density at radius 3 is 2.57 bits per heavy atom. The third kappa shape index (κ3) is 4.55. The second-order valence-electron chi connectivity index (χ2n) is 5.94. The Balaban J connectivity index is 1.79. The maximum Gasteiger partial charge on any atom is 0.179 e. The van der Waals surface area contributed by atoms with Crippen molar-refractivity contribution in [2.45, 2.75) is 31.1 Å². The summed E-state index contributed by atoms with van der Waals surface area (Å²) in [5.74, 6) is 1.60. The average Bonchev–Trinajstić information content (AvgIpc) is 2.89. The van der Waals surface area contributed by atoms with E-state index in [1.807, 2.05) is 6.07 Å². The standard InChI is InChI=1S/C16H22N2O2S/c1-13-2-3-15(10-13)12-18-8-9-21(19,20)16-6-4-14(11-17)5-7-16/h4-7,13,15,18H,2-3,8-10,12H2,1H3. The first-order valence-electron chi connectivity index (χ1n) is 7.45. The van der Waals surface area contributed by atoms with E-state index in [0.29, 0.717) is 18.0 Å². The van der Waals surface area contributed by atoms with Crippen LogP contribution < -0.4 is 5.32 Å². The minimum atomic E-state index is -3.26. The Morgan fingerprint density at radius 1 is 1.29 bits per heavy atom. The fourth-order valence-electron chi connectivity index (χ4n) is 2.88. The zero-order chi connectivity index (χ0) is 15.3. The Labute approximate surface area is 127 Å². The Morgan fingerprint density at radius 2 is 2.00 bits per heavy atom. The second-order valence-corrected chi connectivity index (χ2v) is 8.05. The summed E-state index contributed by atoms with van der Waals surface area (Å²) in [6.45, 7) is 3.66. The molecule has 4 nitrogen and oxygen atoms in total. The molecule has 0 aliphatic heterocycles. The molecule has 2 atom stereocenters. The average molecular weight is 306 g/mol. The number of benzene rings is 1. The molecule has 2 rings (SSSR count). The van der Waals surface area contributed by atoms with Gasteiger partial charge in [0.25, 0.3) is 0 Å². The van der Waals surface area contributed by atoms with Crippen molar-refractivity contribution in [3.05, 3.63) is 29.8 Å². The maximum atomic E-state index is 12.2. The van der Waals surface area contributed by atoms with Crippen molar-refractivity contribution in [3.63, 3.8) is 0 Å². The van der Waals surface area contributed by atoms with Crippen molar-refractivity contribution in [2.75, 3.05) is 18.8 Å². The summed E-state index contributed by atoms with van der Waals surface area (Å²) >= 11 is 0. The van der Waals surface area contributed by atoms with Crippen LogP contribution in [0.1, 0.15) is 31.7 Å². The largest absolute Gasteiger partial charge is 0.315 e. The SMILES string of the molecule is CC1CCC(CNCCS(=O)(=O)c2ccc(C#N)cc2)C1. The molecule has 0 heterocycles. The molecular weight excluding hydrogens is 284 g/mol. The minimum Gasteiger partial charge on any atom is -0.315 e. The van der Waals surface area contributed by atoms with Crippen LogP contribution in [0, 0.1) is 23.2 Å². The number of hydrogen-bond donors (Lipinski definition) is 1. The molecule has 0 amide bonds. The van der Waals surface area contributed by atoms with Gasteiger partial charge in [-0.1, -0.05) is 13.3 Å². The third-order valence-electron chi connectivity index (χ3n) is 4.13. The lowest BCUT2D eigenvalue weighted by molar-refractivity contribution is 0.477. The van der Waals surface area contributed by atoms with E-state index in [0.717, 1.165) is 12.5 Å². The van der Waals surface area contributed by atoms with E-state index in [-0.39, 0.29) is 10.6 Å². The van der Waals surface area contributed by atoms with E-state index >= 15 is 0 Å². The summed E-state index contributed by atoms with van der Waals surface area (Å²) in [4.78, 5) is 0.290. The highest BCUT2D eigenvalue weighted by atomic mass is 32.2. The predicted molar refractivity (Wildman–Crippen MR) is 82.6 cm³/mol. The van der Waals surface area contributed by atoms with Gasteiger partial charge in [-0.3, -0.25) is 0 Å². The van der Waals surface area contributed by atoms with Crippen LogP contribution in [0.3, 0.4) is 0 Å². The van der Waals surface area contributed by atoms with Gasteiger partial charge in [-0.05, 0) is 55.5 Å². The lowest BCUT2D eigenvalue weighted by Crippen LogP contribution is -2.27. The first-order chi connectivity index (χ1) is 10.0. The maximum absolute atomic E-state index is 12.2. The molecule has 1 aromatic carbocycles. The minimum absolute atomic E-state index is 0.0984. The first kappa shape index (κ1) is 16.0. The zero-order valence-corrected chi connectivity index (χ0v) is 13.2.